The van der Waals surface area contributed by atoms with Gasteiger partial charge < -0.3 is 4.74 Å². The normalized spacial score (nSPS) is 17.0. The predicted octanol–water partition coefficient (Wildman–Crippen LogP) is 11.7. The quantitative estimate of drug-likeness (QED) is 0.166. The van der Waals surface area contributed by atoms with Crippen LogP contribution in [0.25, 0.3) is 56.4 Å². The van der Waals surface area contributed by atoms with E-state index in [4.69, 9.17) is 19.7 Å². The van der Waals surface area contributed by atoms with Crippen LogP contribution in [0.1, 0.15) is 49.9 Å². The van der Waals surface area contributed by atoms with Crippen LogP contribution in [0.3, 0.4) is 0 Å². The molecular formula is C55H47N3OSSi2. The van der Waals surface area contributed by atoms with E-state index in [1.165, 1.54) is 75.0 Å². The fourth-order valence-electron chi connectivity index (χ4n) is 11.1. The first kappa shape index (κ1) is 37.9. The highest BCUT2D eigenvalue weighted by molar-refractivity contribution is 8.00. The minimum Gasteiger partial charge on any atom is -0.457 e. The molecule has 302 valence electrons. The minimum atomic E-state index is -1.99. The smallest absolute Gasteiger partial charge is 0.164 e. The number of rotatable bonds is 3. The SMILES string of the molecule is CC1(C)c2cc(-c3nc(-c4ccccc4)nc(-c4ccc5c(c4)C(C)(C)c4ccc6c(c4-5)Sc4ccccc4[Si]6(C)C)n3)ccc2-c2c1ccc1c2Oc2ccccc2[Si]1(C)C. The standard InChI is InChI=1S/C55H47N3OSSi2/c1-54(2)37-26-28-45-49(59-41-18-12-14-20-43(41)61(45,5)6)47(37)35-24-22-33(30-39(35)54)52-56-51(32-16-10-9-11-17-32)57-53(58-52)34-23-25-36-40(31-34)55(3,4)38-27-29-46-50(48(36)38)60-42-19-13-15-21-44(42)62(46,7)8/h9-31H,1-8H3. The molecule has 0 unspecified atom stereocenters. The Labute approximate surface area is 370 Å². The summed E-state index contributed by atoms with van der Waals surface area (Å²) in [5.41, 5.74) is 12.9. The molecule has 4 nitrogen and oxygen atoms in total. The van der Waals surface area contributed by atoms with Crippen molar-refractivity contribution in [1.82, 2.24) is 15.0 Å². The molecule has 2 aliphatic heterocycles. The van der Waals surface area contributed by atoms with Crippen LogP contribution >= 0.6 is 11.8 Å². The molecule has 7 heteroatoms. The maximum Gasteiger partial charge on any atom is 0.164 e. The van der Waals surface area contributed by atoms with E-state index < -0.39 is 16.1 Å². The zero-order valence-electron chi connectivity index (χ0n) is 36.4. The van der Waals surface area contributed by atoms with Gasteiger partial charge >= 0.3 is 0 Å². The van der Waals surface area contributed by atoms with Gasteiger partial charge in [-0.15, -0.1) is 0 Å². The number of para-hydroxylation sites is 1. The Bertz CT molecular complexity index is 3070. The summed E-state index contributed by atoms with van der Waals surface area (Å²) in [5.74, 6) is 4.04. The summed E-state index contributed by atoms with van der Waals surface area (Å²) >= 11 is 1.96. The molecule has 0 spiro atoms. The Hall–Kier alpha value is -5.87. The van der Waals surface area contributed by atoms with E-state index >= 15 is 0 Å². The Morgan fingerprint density at radius 3 is 1.63 bits per heavy atom. The summed E-state index contributed by atoms with van der Waals surface area (Å²) in [5, 5.41) is 5.77. The first-order valence-corrected chi connectivity index (χ1v) is 28.6. The second-order valence-electron chi connectivity index (χ2n) is 19.6. The van der Waals surface area contributed by atoms with E-state index in [0.29, 0.717) is 17.5 Å². The average molecular weight is 854 g/mol. The van der Waals surface area contributed by atoms with Gasteiger partial charge in [-0.3, -0.25) is 0 Å². The number of aromatic nitrogens is 3. The van der Waals surface area contributed by atoms with Crippen LogP contribution < -0.4 is 25.5 Å². The molecule has 0 atom stereocenters. The predicted molar refractivity (Wildman–Crippen MR) is 262 cm³/mol. The molecule has 12 rings (SSSR count). The Balaban J connectivity index is 0.989. The van der Waals surface area contributed by atoms with E-state index in [9.17, 15) is 0 Å². The first-order chi connectivity index (χ1) is 29.7. The Morgan fingerprint density at radius 1 is 0.452 bits per heavy atom. The molecule has 1 aromatic heterocycles. The van der Waals surface area contributed by atoms with Crippen LogP contribution in [-0.2, 0) is 10.8 Å². The van der Waals surface area contributed by atoms with Gasteiger partial charge in [-0.2, -0.15) is 0 Å². The molecule has 0 N–H and O–H groups in total. The van der Waals surface area contributed by atoms with E-state index in [-0.39, 0.29) is 10.8 Å². The van der Waals surface area contributed by atoms with Crippen molar-refractivity contribution in [3.05, 3.63) is 162 Å². The minimum absolute atomic E-state index is 0.194. The molecule has 0 saturated heterocycles. The molecule has 0 fully saturated rings. The van der Waals surface area contributed by atoms with Crippen molar-refractivity contribution < 1.29 is 4.74 Å². The number of ether oxygens (including phenoxy) is 1. The summed E-state index contributed by atoms with van der Waals surface area (Å²) in [6.45, 7) is 19.3. The maximum absolute atomic E-state index is 6.87. The number of hydrogen-bond donors (Lipinski definition) is 0. The second kappa shape index (κ2) is 12.8. The van der Waals surface area contributed by atoms with Crippen molar-refractivity contribution in [2.24, 2.45) is 0 Å². The number of benzene rings is 7. The van der Waals surface area contributed by atoms with Crippen molar-refractivity contribution in [2.45, 2.75) is 74.5 Å². The lowest BCUT2D eigenvalue weighted by atomic mass is 9.82. The summed E-state index contributed by atoms with van der Waals surface area (Å²) in [6.07, 6.45) is 0. The zero-order valence-corrected chi connectivity index (χ0v) is 39.3. The van der Waals surface area contributed by atoms with Crippen LogP contribution in [0.2, 0.25) is 26.2 Å². The van der Waals surface area contributed by atoms with Gasteiger partial charge in [0.2, 0.25) is 0 Å². The average Bonchev–Trinajstić information content (AvgIpc) is 3.65. The van der Waals surface area contributed by atoms with Crippen LogP contribution in [0, 0.1) is 0 Å². The highest BCUT2D eigenvalue weighted by Gasteiger charge is 2.45. The summed E-state index contributed by atoms with van der Waals surface area (Å²) in [4.78, 5) is 18.6. The monoisotopic (exact) mass is 853 g/mol. The topological polar surface area (TPSA) is 47.9 Å². The highest BCUT2D eigenvalue weighted by atomic mass is 32.2. The summed E-state index contributed by atoms with van der Waals surface area (Å²) < 4.78 is 6.87. The lowest BCUT2D eigenvalue weighted by Gasteiger charge is -2.34. The summed E-state index contributed by atoms with van der Waals surface area (Å²) in [6, 6.07) is 51.3. The molecule has 62 heavy (non-hydrogen) atoms. The van der Waals surface area contributed by atoms with Crippen molar-refractivity contribution in [2.75, 3.05) is 0 Å². The van der Waals surface area contributed by atoms with E-state index in [1.807, 2.05) is 17.8 Å². The van der Waals surface area contributed by atoms with Gasteiger partial charge in [-0.05, 0) is 84.0 Å². The third kappa shape index (κ3) is 5.16. The second-order valence-corrected chi connectivity index (χ2v) is 29.3. The molecule has 0 radical (unpaired) electrons. The third-order valence-corrected chi connectivity index (χ3v) is 23.3. The zero-order chi connectivity index (χ0) is 42.5. The molecule has 3 heterocycles. The van der Waals surface area contributed by atoms with Gasteiger partial charge in [-0.1, -0.05) is 181 Å². The van der Waals surface area contributed by atoms with Crippen molar-refractivity contribution in [3.63, 3.8) is 0 Å². The van der Waals surface area contributed by atoms with Crippen molar-refractivity contribution in [1.29, 1.82) is 0 Å². The fraction of sp³-hybridized carbons (Fsp3) is 0.182. The molecule has 7 aromatic carbocycles. The van der Waals surface area contributed by atoms with Gasteiger partial charge in [0.15, 0.2) is 17.5 Å². The molecule has 2 aliphatic carbocycles. The maximum atomic E-state index is 6.87. The van der Waals surface area contributed by atoms with Crippen LogP contribution in [0.15, 0.2) is 149 Å². The van der Waals surface area contributed by atoms with Gasteiger partial charge in [0.25, 0.3) is 0 Å². The van der Waals surface area contributed by atoms with Crippen LogP contribution in [0.5, 0.6) is 11.5 Å². The molecule has 8 aromatic rings. The third-order valence-electron chi connectivity index (χ3n) is 14.7. The number of nitrogens with zero attached hydrogens (tertiary/aromatic N) is 3. The van der Waals surface area contributed by atoms with Gasteiger partial charge in [0, 0.05) is 42.9 Å². The molecular weight excluding hydrogens is 807 g/mol. The van der Waals surface area contributed by atoms with Crippen molar-refractivity contribution in [3.8, 4) is 67.9 Å². The molecule has 4 aliphatic rings. The van der Waals surface area contributed by atoms with E-state index in [2.05, 4.69) is 187 Å². The highest BCUT2D eigenvalue weighted by Crippen LogP contribution is 2.56. The van der Waals surface area contributed by atoms with Gasteiger partial charge in [-0.25, -0.2) is 15.0 Å². The van der Waals surface area contributed by atoms with Crippen molar-refractivity contribution >= 4 is 48.7 Å². The van der Waals surface area contributed by atoms with Crippen LogP contribution in [-0.4, -0.2) is 31.1 Å². The molecule has 0 amide bonds. The van der Waals surface area contributed by atoms with Gasteiger partial charge in [0.05, 0.1) is 0 Å². The molecule has 0 saturated carbocycles. The van der Waals surface area contributed by atoms with E-state index in [0.717, 1.165) is 28.2 Å². The Morgan fingerprint density at radius 2 is 0.968 bits per heavy atom. The van der Waals surface area contributed by atoms with E-state index in [1.54, 1.807) is 0 Å². The number of hydrogen-bond acceptors (Lipinski definition) is 5. The molecule has 0 bridgehead atoms. The first-order valence-electron chi connectivity index (χ1n) is 21.8. The van der Waals surface area contributed by atoms with Gasteiger partial charge in [0.1, 0.15) is 27.6 Å². The van der Waals surface area contributed by atoms with Crippen LogP contribution in [0.4, 0.5) is 0 Å². The summed E-state index contributed by atoms with van der Waals surface area (Å²) in [7, 11) is -3.89. The lowest BCUT2D eigenvalue weighted by molar-refractivity contribution is 0.487. The fourth-order valence-corrected chi connectivity index (χ4v) is 19.4. The lowest BCUT2D eigenvalue weighted by Crippen LogP contribution is -2.56. The number of fused-ring (bicyclic) bond motifs is 12. The largest absolute Gasteiger partial charge is 0.457 e. The Kier molecular flexibility index (Phi) is 7.85.